The second-order valence-corrected chi connectivity index (χ2v) is 5.40. The molecule has 0 aromatic heterocycles. The molecule has 3 aliphatic rings. The Balaban J connectivity index is 1.78. The maximum atomic E-state index is 11.9. The monoisotopic (exact) mass is 285 g/mol. The molecule has 1 N–H and O–H groups in total. The fraction of sp³-hybridized carbons (Fsp3) is 0.312. The van der Waals surface area contributed by atoms with Crippen LogP contribution in [0.5, 0.6) is 0 Å². The highest BCUT2D eigenvalue weighted by Gasteiger charge is 2.54. The van der Waals surface area contributed by atoms with E-state index in [1.807, 2.05) is 35.2 Å². The quantitative estimate of drug-likeness (QED) is 0.824. The number of ether oxygens (including phenoxy) is 2. The Morgan fingerprint density at radius 1 is 1.33 bits per heavy atom. The Morgan fingerprint density at radius 3 is 2.95 bits per heavy atom. The molecule has 5 nitrogen and oxygen atoms in total. The number of aliphatic hydroxyl groups is 1. The SMILES string of the molecule is COC1=Cc2ccccc2N(C2=CC(=O)C3OC3C2O)C1. The number of carbonyl (C=O) groups is 1. The summed E-state index contributed by atoms with van der Waals surface area (Å²) in [5, 5.41) is 10.4. The second kappa shape index (κ2) is 4.44. The number of para-hydroxylation sites is 1. The Bertz CT molecular complexity index is 679. The lowest BCUT2D eigenvalue weighted by atomic mass is 9.97. The first-order valence-electron chi connectivity index (χ1n) is 6.89. The lowest BCUT2D eigenvalue weighted by molar-refractivity contribution is -0.116. The van der Waals surface area contributed by atoms with Gasteiger partial charge in [0.15, 0.2) is 5.78 Å². The topological polar surface area (TPSA) is 62.3 Å². The van der Waals surface area contributed by atoms with Crippen molar-refractivity contribution < 1.29 is 19.4 Å². The molecular weight excluding hydrogens is 270 g/mol. The van der Waals surface area contributed by atoms with Crippen molar-refractivity contribution in [2.75, 3.05) is 18.6 Å². The van der Waals surface area contributed by atoms with Gasteiger partial charge < -0.3 is 19.5 Å². The van der Waals surface area contributed by atoms with Gasteiger partial charge in [0.1, 0.15) is 24.1 Å². The Hall–Kier alpha value is -2.11. The zero-order valence-electron chi connectivity index (χ0n) is 11.5. The molecule has 5 heteroatoms. The zero-order valence-corrected chi connectivity index (χ0v) is 11.5. The molecule has 1 aliphatic carbocycles. The summed E-state index contributed by atoms with van der Waals surface area (Å²) in [5.74, 6) is 0.708. The number of epoxide rings is 1. The van der Waals surface area contributed by atoms with Crippen LogP contribution in [0.15, 0.2) is 41.8 Å². The summed E-state index contributed by atoms with van der Waals surface area (Å²) in [6.45, 7) is 0.487. The fourth-order valence-corrected chi connectivity index (χ4v) is 2.98. The highest BCUT2D eigenvalue weighted by molar-refractivity contribution is 5.99. The van der Waals surface area contributed by atoms with E-state index in [-0.39, 0.29) is 5.78 Å². The van der Waals surface area contributed by atoms with E-state index >= 15 is 0 Å². The normalized spacial score (nSPS) is 30.1. The smallest absolute Gasteiger partial charge is 0.189 e. The molecule has 1 aromatic rings. The highest BCUT2D eigenvalue weighted by atomic mass is 16.6. The van der Waals surface area contributed by atoms with Gasteiger partial charge in [-0.2, -0.15) is 0 Å². The lowest BCUT2D eigenvalue weighted by Gasteiger charge is -2.34. The van der Waals surface area contributed by atoms with E-state index in [9.17, 15) is 9.90 Å². The van der Waals surface area contributed by atoms with Crippen LogP contribution in [0.1, 0.15) is 5.56 Å². The summed E-state index contributed by atoms with van der Waals surface area (Å²) in [5.41, 5.74) is 2.53. The van der Waals surface area contributed by atoms with E-state index in [0.29, 0.717) is 12.2 Å². The third-order valence-corrected chi connectivity index (χ3v) is 4.14. The van der Waals surface area contributed by atoms with Crippen molar-refractivity contribution in [2.24, 2.45) is 0 Å². The van der Waals surface area contributed by atoms with Gasteiger partial charge in [-0.1, -0.05) is 18.2 Å². The van der Waals surface area contributed by atoms with Gasteiger partial charge in [0.2, 0.25) is 0 Å². The molecule has 0 bridgehead atoms. The van der Waals surface area contributed by atoms with Crippen LogP contribution in [0, 0.1) is 0 Å². The fourth-order valence-electron chi connectivity index (χ4n) is 2.98. The number of benzene rings is 1. The van der Waals surface area contributed by atoms with Gasteiger partial charge in [-0.15, -0.1) is 0 Å². The van der Waals surface area contributed by atoms with Crippen LogP contribution in [0.4, 0.5) is 5.69 Å². The Kier molecular flexibility index (Phi) is 2.67. The van der Waals surface area contributed by atoms with E-state index in [4.69, 9.17) is 9.47 Å². The molecule has 1 fully saturated rings. The van der Waals surface area contributed by atoms with Gasteiger partial charge in [-0.3, -0.25) is 4.79 Å². The number of ketones is 1. The summed E-state index contributed by atoms with van der Waals surface area (Å²) in [4.78, 5) is 13.8. The van der Waals surface area contributed by atoms with Gasteiger partial charge in [-0.05, 0) is 12.1 Å². The number of carbonyl (C=O) groups excluding carboxylic acids is 1. The summed E-state index contributed by atoms with van der Waals surface area (Å²) in [7, 11) is 1.62. The standard InChI is InChI=1S/C16H15NO4/c1-20-10-6-9-4-2-3-5-11(9)17(8-10)12-7-13(18)15-16(21-15)14(12)19/h2-7,14-16,19H,8H2,1H3. The third kappa shape index (κ3) is 1.89. The van der Waals surface area contributed by atoms with Crippen molar-refractivity contribution in [2.45, 2.75) is 18.3 Å². The molecule has 0 amide bonds. The first kappa shape index (κ1) is 12.6. The number of nitrogens with zero attached hydrogens (tertiary/aromatic N) is 1. The molecule has 0 spiro atoms. The van der Waals surface area contributed by atoms with E-state index in [2.05, 4.69) is 0 Å². The van der Waals surface area contributed by atoms with Crippen molar-refractivity contribution in [3.05, 3.63) is 47.4 Å². The highest BCUT2D eigenvalue weighted by Crippen LogP contribution is 2.39. The average molecular weight is 285 g/mol. The number of anilines is 1. The lowest BCUT2D eigenvalue weighted by Crippen LogP contribution is -2.40. The zero-order chi connectivity index (χ0) is 14.6. The van der Waals surface area contributed by atoms with Crippen LogP contribution in [0.3, 0.4) is 0 Å². The maximum absolute atomic E-state index is 11.9. The Morgan fingerprint density at radius 2 is 2.14 bits per heavy atom. The number of fused-ring (bicyclic) bond motifs is 2. The first-order chi connectivity index (χ1) is 10.2. The maximum Gasteiger partial charge on any atom is 0.189 e. The summed E-state index contributed by atoms with van der Waals surface area (Å²) in [6, 6.07) is 7.83. The molecule has 108 valence electrons. The van der Waals surface area contributed by atoms with Crippen LogP contribution >= 0.6 is 0 Å². The van der Waals surface area contributed by atoms with Crippen LogP contribution in [0.25, 0.3) is 6.08 Å². The molecule has 3 unspecified atom stereocenters. The largest absolute Gasteiger partial charge is 0.499 e. The predicted molar refractivity (Wildman–Crippen MR) is 76.5 cm³/mol. The van der Waals surface area contributed by atoms with Gasteiger partial charge >= 0.3 is 0 Å². The van der Waals surface area contributed by atoms with Gasteiger partial charge in [0.05, 0.1) is 19.4 Å². The molecular formula is C16H15NO4. The van der Waals surface area contributed by atoms with Gasteiger partial charge in [0.25, 0.3) is 0 Å². The summed E-state index contributed by atoms with van der Waals surface area (Å²) in [6.07, 6.45) is 1.83. The van der Waals surface area contributed by atoms with Crippen molar-refractivity contribution in [1.29, 1.82) is 0 Å². The van der Waals surface area contributed by atoms with Crippen LogP contribution < -0.4 is 4.90 Å². The Labute approximate surface area is 122 Å². The average Bonchev–Trinajstić information content (AvgIpc) is 3.31. The molecule has 3 atom stereocenters. The van der Waals surface area contributed by atoms with Crippen molar-refractivity contribution >= 4 is 17.5 Å². The second-order valence-electron chi connectivity index (χ2n) is 5.40. The van der Waals surface area contributed by atoms with E-state index in [1.165, 1.54) is 6.08 Å². The molecule has 1 aromatic carbocycles. The number of hydrogen-bond acceptors (Lipinski definition) is 5. The molecule has 0 saturated carbocycles. The van der Waals surface area contributed by atoms with Crippen LogP contribution in [-0.4, -0.2) is 42.9 Å². The third-order valence-electron chi connectivity index (χ3n) is 4.14. The van der Waals surface area contributed by atoms with Crippen molar-refractivity contribution in [3.8, 4) is 0 Å². The number of hydrogen-bond donors (Lipinski definition) is 1. The van der Waals surface area contributed by atoms with Crippen LogP contribution in [-0.2, 0) is 14.3 Å². The minimum Gasteiger partial charge on any atom is -0.499 e. The van der Waals surface area contributed by atoms with Gasteiger partial charge in [-0.25, -0.2) is 0 Å². The predicted octanol–water partition coefficient (Wildman–Crippen LogP) is 1.09. The van der Waals surface area contributed by atoms with Gasteiger partial charge in [0, 0.05) is 17.3 Å². The molecule has 2 heterocycles. The van der Waals surface area contributed by atoms with Crippen molar-refractivity contribution in [3.63, 3.8) is 0 Å². The summed E-state index contributed by atoms with van der Waals surface area (Å²) >= 11 is 0. The molecule has 4 rings (SSSR count). The van der Waals surface area contributed by atoms with Crippen LogP contribution in [0.2, 0.25) is 0 Å². The minimum atomic E-state index is -0.781. The number of methoxy groups -OCH3 is 1. The molecule has 21 heavy (non-hydrogen) atoms. The molecule has 2 aliphatic heterocycles. The van der Waals surface area contributed by atoms with E-state index < -0.39 is 18.3 Å². The molecule has 0 radical (unpaired) electrons. The number of aliphatic hydroxyl groups excluding tert-OH is 1. The first-order valence-corrected chi connectivity index (χ1v) is 6.89. The van der Waals surface area contributed by atoms with E-state index in [1.54, 1.807) is 7.11 Å². The van der Waals surface area contributed by atoms with Crippen molar-refractivity contribution in [1.82, 2.24) is 0 Å². The minimum absolute atomic E-state index is 0.0775. The molecule has 1 saturated heterocycles. The number of rotatable bonds is 2. The summed E-state index contributed by atoms with van der Waals surface area (Å²) < 4.78 is 10.6. The van der Waals surface area contributed by atoms with E-state index in [0.717, 1.165) is 17.0 Å².